The van der Waals surface area contributed by atoms with E-state index in [-0.39, 0.29) is 0 Å². The zero-order chi connectivity index (χ0) is 10.0. The van der Waals surface area contributed by atoms with Crippen molar-refractivity contribution in [2.45, 2.75) is 46.5 Å². The summed E-state index contributed by atoms with van der Waals surface area (Å²) < 4.78 is 0. The van der Waals surface area contributed by atoms with Crippen molar-refractivity contribution in [3.63, 3.8) is 0 Å². The minimum atomic E-state index is 0.636. The number of hydrogen-bond donors (Lipinski definition) is 0. The highest BCUT2D eigenvalue weighted by Gasteiger charge is 2.09. The van der Waals surface area contributed by atoms with E-state index >= 15 is 0 Å². The predicted octanol–water partition coefficient (Wildman–Crippen LogP) is 4.24. The lowest BCUT2D eigenvalue weighted by atomic mass is 9.89. The van der Waals surface area contributed by atoms with E-state index in [1.165, 1.54) is 16.7 Å². The Morgan fingerprint density at radius 2 is 1.38 bits per heavy atom. The van der Waals surface area contributed by atoms with Crippen LogP contribution in [-0.4, -0.2) is 0 Å². The van der Waals surface area contributed by atoms with Crippen LogP contribution in [0.5, 0.6) is 0 Å². The van der Waals surface area contributed by atoms with Crippen LogP contribution in [0, 0.1) is 6.92 Å². The van der Waals surface area contributed by atoms with Crippen molar-refractivity contribution in [2.24, 2.45) is 0 Å². The highest BCUT2D eigenvalue weighted by atomic mass is 14.1. The summed E-state index contributed by atoms with van der Waals surface area (Å²) in [5.41, 5.74) is 4.38. The predicted molar refractivity (Wildman–Crippen MR) is 59.4 cm³/mol. The Labute approximate surface area is 82.0 Å². The van der Waals surface area contributed by atoms with Gasteiger partial charge in [0.25, 0.3) is 0 Å². The van der Waals surface area contributed by atoms with E-state index in [1.54, 1.807) is 0 Å². The van der Waals surface area contributed by atoms with Crippen LogP contribution < -0.4 is 0 Å². The van der Waals surface area contributed by atoms with Gasteiger partial charge in [0.15, 0.2) is 0 Å². The Hall–Kier alpha value is -0.780. The van der Waals surface area contributed by atoms with Crippen molar-refractivity contribution in [2.75, 3.05) is 0 Å². The summed E-state index contributed by atoms with van der Waals surface area (Å²) in [7, 11) is 0. The maximum Gasteiger partial charge on any atom is -0.0216 e. The van der Waals surface area contributed by atoms with Crippen LogP contribution in [0.15, 0.2) is 18.2 Å². The molecule has 0 bridgehead atoms. The molecule has 0 saturated heterocycles. The molecule has 13 heavy (non-hydrogen) atoms. The number of rotatable bonds is 2. The van der Waals surface area contributed by atoms with Crippen molar-refractivity contribution in [1.82, 2.24) is 0 Å². The molecule has 0 aliphatic heterocycles. The van der Waals surface area contributed by atoms with E-state index in [9.17, 15) is 0 Å². The van der Waals surface area contributed by atoms with Gasteiger partial charge in [-0.2, -0.15) is 0 Å². The third-order valence-electron chi connectivity index (χ3n) is 2.49. The van der Waals surface area contributed by atoms with Gasteiger partial charge in [-0.3, -0.25) is 0 Å². The van der Waals surface area contributed by atoms with E-state index in [0.29, 0.717) is 11.8 Å². The van der Waals surface area contributed by atoms with Crippen molar-refractivity contribution in [3.8, 4) is 0 Å². The summed E-state index contributed by atoms with van der Waals surface area (Å²) >= 11 is 0. The third kappa shape index (κ3) is 2.33. The summed E-state index contributed by atoms with van der Waals surface area (Å²) in [5.74, 6) is 1.27. The zero-order valence-corrected chi connectivity index (χ0v) is 9.39. The molecule has 0 amide bonds. The monoisotopic (exact) mass is 176 g/mol. The van der Waals surface area contributed by atoms with Crippen molar-refractivity contribution in [3.05, 3.63) is 34.9 Å². The van der Waals surface area contributed by atoms with Crippen molar-refractivity contribution in [1.29, 1.82) is 0 Å². The first kappa shape index (κ1) is 10.3. The Kier molecular flexibility index (Phi) is 3.13. The standard InChI is InChI=1S/C13H20/c1-9(2)12-7-6-11(5)8-13(12)10(3)4/h6-10H,1-5H3. The van der Waals surface area contributed by atoms with E-state index in [0.717, 1.165) is 0 Å². The Morgan fingerprint density at radius 1 is 0.846 bits per heavy atom. The highest BCUT2D eigenvalue weighted by Crippen LogP contribution is 2.26. The largest absolute Gasteiger partial charge is 0.0590 e. The normalized spacial score (nSPS) is 11.3. The van der Waals surface area contributed by atoms with Gasteiger partial charge in [-0.1, -0.05) is 51.5 Å². The molecule has 0 heteroatoms. The van der Waals surface area contributed by atoms with Gasteiger partial charge >= 0.3 is 0 Å². The number of hydrogen-bond acceptors (Lipinski definition) is 0. The van der Waals surface area contributed by atoms with Gasteiger partial charge < -0.3 is 0 Å². The van der Waals surface area contributed by atoms with Crippen molar-refractivity contribution < 1.29 is 0 Å². The summed E-state index contributed by atoms with van der Waals surface area (Å²) in [6.07, 6.45) is 0. The van der Waals surface area contributed by atoms with Crippen LogP contribution >= 0.6 is 0 Å². The second-order valence-electron chi connectivity index (χ2n) is 4.44. The molecule has 0 aliphatic carbocycles. The van der Waals surface area contributed by atoms with Crippen LogP contribution in [0.25, 0.3) is 0 Å². The molecule has 0 saturated carbocycles. The van der Waals surface area contributed by atoms with Crippen LogP contribution in [0.1, 0.15) is 56.2 Å². The Morgan fingerprint density at radius 3 is 1.85 bits per heavy atom. The average molecular weight is 176 g/mol. The molecular formula is C13H20. The third-order valence-corrected chi connectivity index (χ3v) is 2.49. The van der Waals surface area contributed by atoms with Crippen LogP contribution in [0.4, 0.5) is 0 Å². The van der Waals surface area contributed by atoms with E-state index in [4.69, 9.17) is 0 Å². The molecule has 1 rings (SSSR count). The lowest BCUT2D eigenvalue weighted by Crippen LogP contribution is -1.98. The number of benzene rings is 1. The molecule has 0 spiro atoms. The first-order valence-corrected chi connectivity index (χ1v) is 5.12. The first-order valence-electron chi connectivity index (χ1n) is 5.12. The minimum Gasteiger partial charge on any atom is -0.0590 e. The molecule has 72 valence electrons. The van der Waals surface area contributed by atoms with Crippen molar-refractivity contribution >= 4 is 0 Å². The maximum atomic E-state index is 2.32. The topological polar surface area (TPSA) is 0 Å². The van der Waals surface area contributed by atoms with Crippen LogP contribution in [0.2, 0.25) is 0 Å². The molecule has 0 nitrogen and oxygen atoms in total. The highest BCUT2D eigenvalue weighted by molar-refractivity contribution is 5.35. The molecule has 0 heterocycles. The SMILES string of the molecule is Cc1ccc(C(C)C)c(C(C)C)c1. The summed E-state index contributed by atoms with van der Waals surface area (Å²) in [6.45, 7) is 11.2. The maximum absolute atomic E-state index is 2.32. The van der Waals surface area contributed by atoms with E-state index < -0.39 is 0 Å². The zero-order valence-electron chi connectivity index (χ0n) is 9.39. The van der Waals surface area contributed by atoms with Gasteiger partial charge in [0.05, 0.1) is 0 Å². The van der Waals surface area contributed by atoms with Gasteiger partial charge in [-0.15, -0.1) is 0 Å². The second-order valence-corrected chi connectivity index (χ2v) is 4.44. The molecule has 1 aromatic rings. The fraction of sp³-hybridized carbons (Fsp3) is 0.538. The Bertz CT molecular complexity index is 282. The van der Waals surface area contributed by atoms with E-state index in [1.807, 2.05) is 0 Å². The molecule has 0 aliphatic rings. The van der Waals surface area contributed by atoms with E-state index in [2.05, 4.69) is 52.8 Å². The van der Waals surface area contributed by atoms with Gasteiger partial charge in [0, 0.05) is 0 Å². The van der Waals surface area contributed by atoms with Gasteiger partial charge in [-0.05, 0) is 29.9 Å². The fourth-order valence-corrected chi connectivity index (χ4v) is 1.72. The first-order chi connectivity index (χ1) is 6.02. The van der Waals surface area contributed by atoms with Crippen LogP contribution in [-0.2, 0) is 0 Å². The number of aryl methyl sites for hydroxylation is 1. The van der Waals surface area contributed by atoms with Gasteiger partial charge in [0.1, 0.15) is 0 Å². The second kappa shape index (κ2) is 3.95. The van der Waals surface area contributed by atoms with Gasteiger partial charge in [-0.25, -0.2) is 0 Å². The molecule has 0 unspecified atom stereocenters. The summed E-state index contributed by atoms with van der Waals surface area (Å²) in [5, 5.41) is 0. The summed E-state index contributed by atoms with van der Waals surface area (Å²) in [6, 6.07) is 6.80. The molecule has 0 atom stereocenters. The molecule has 0 radical (unpaired) electrons. The molecule has 1 aromatic carbocycles. The molecule has 0 fully saturated rings. The average Bonchev–Trinajstić information content (AvgIpc) is 2.03. The lowest BCUT2D eigenvalue weighted by Gasteiger charge is -2.16. The fourth-order valence-electron chi connectivity index (χ4n) is 1.72. The Balaban J connectivity index is 3.19. The van der Waals surface area contributed by atoms with Gasteiger partial charge in [0.2, 0.25) is 0 Å². The molecule has 0 N–H and O–H groups in total. The molecule has 0 aromatic heterocycles. The van der Waals surface area contributed by atoms with Crippen LogP contribution in [0.3, 0.4) is 0 Å². The minimum absolute atomic E-state index is 0.636. The molecular weight excluding hydrogens is 156 g/mol. The quantitative estimate of drug-likeness (QED) is 0.632. The summed E-state index contributed by atoms with van der Waals surface area (Å²) in [4.78, 5) is 0. The smallest absolute Gasteiger partial charge is 0.0216 e. The lowest BCUT2D eigenvalue weighted by molar-refractivity contribution is 0.789.